The Bertz CT molecular complexity index is 280. The van der Waals surface area contributed by atoms with Crippen molar-refractivity contribution in [3.63, 3.8) is 0 Å². The SMILES string of the molecule is C=CCN(C(=O)CN1CCC(N)CC1)C1CC1. The maximum atomic E-state index is 12.2. The van der Waals surface area contributed by atoms with Gasteiger partial charge in [-0.05, 0) is 25.7 Å². The monoisotopic (exact) mass is 237 g/mol. The van der Waals surface area contributed by atoms with Crippen LogP contribution < -0.4 is 5.73 Å². The summed E-state index contributed by atoms with van der Waals surface area (Å²) < 4.78 is 0. The van der Waals surface area contributed by atoms with E-state index in [1.807, 2.05) is 11.0 Å². The predicted octanol–water partition coefficient (Wildman–Crippen LogP) is 0.587. The Kier molecular flexibility index (Phi) is 4.18. The van der Waals surface area contributed by atoms with E-state index < -0.39 is 0 Å². The van der Waals surface area contributed by atoms with Crippen molar-refractivity contribution in [1.29, 1.82) is 0 Å². The van der Waals surface area contributed by atoms with Gasteiger partial charge in [-0.3, -0.25) is 9.69 Å². The Morgan fingerprint density at radius 2 is 2.00 bits per heavy atom. The third kappa shape index (κ3) is 3.54. The fourth-order valence-corrected chi connectivity index (χ4v) is 2.37. The standard InChI is InChI=1S/C13H23N3O/c1-2-7-16(12-3-4-12)13(17)10-15-8-5-11(14)6-9-15/h2,11-12H,1,3-10,14H2. The van der Waals surface area contributed by atoms with Crippen molar-refractivity contribution in [3.05, 3.63) is 12.7 Å². The van der Waals surface area contributed by atoms with E-state index in [4.69, 9.17) is 5.73 Å². The van der Waals surface area contributed by atoms with Crippen LogP contribution in [0.4, 0.5) is 0 Å². The molecule has 17 heavy (non-hydrogen) atoms. The molecular formula is C13H23N3O. The molecule has 0 unspecified atom stereocenters. The lowest BCUT2D eigenvalue weighted by atomic mass is 10.1. The molecule has 1 saturated heterocycles. The van der Waals surface area contributed by atoms with Gasteiger partial charge in [-0.2, -0.15) is 0 Å². The Morgan fingerprint density at radius 3 is 2.53 bits per heavy atom. The highest BCUT2D eigenvalue weighted by Crippen LogP contribution is 2.27. The number of hydrogen-bond acceptors (Lipinski definition) is 3. The molecule has 96 valence electrons. The fraction of sp³-hybridized carbons (Fsp3) is 0.769. The van der Waals surface area contributed by atoms with Crippen molar-refractivity contribution < 1.29 is 4.79 Å². The highest BCUT2D eigenvalue weighted by molar-refractivity contribution is 5.79. The molecule has 1 amide bonds. The maximum absolute atomic E-state index is 12.2. The van der Waals surface area contributed by atoms with Crippen molar-refractivity contribution in [1.82, 2.24) is 9.80 Å². The number of amides is 1. The molecule has 0 aromatic carbocycles. The predicted molar refractivity (Wildman–Crippen MR) is 68.6 cm³/mol. The first-order valence-electron chi connectivity index (χ1n) is 6.59. The molecule has 2 fully saturated rings. The Balaban J connectivity index is 1.80. The van der Waals surface area contributed by atoms with Crippen molar-refractivity contribution in [2.45, 2.75) is 37.8 Å². The summed E-state index contributed by atoms with van der Waals surface area (Å²) in [6, 6.07) is 0.807. The van der Waals surface area contributed by atoms with Gasteiger partial charge in [0.2, 0.25) is 5.91 Å². The minimum Gasteiger partial charge on any atom is -0.335 e. The van der Waals surface area contributed by atoms with E-state index in [1.165, 1.54) is 0 Å². The normalized spacial score (nSPS) is 22.4. The second-order valence-electron chi connectivity index (χ2n) is 5.18. The molecular weight excluding hydrogens is 214 g/mol. The van der Waals surface area contributed by atoms with Crippen LogP contribution in [0.2, 0.25) is 0 Å². The minimum atomic E-state index is 0.253. The highest BCUT2D eigenvalue weighted by atomic mass is 16.2. The van der Waals surface area contributed by atoms with Crippen molar-refractivity contribution in [2.75, 3.05) is 26.2 Å². The average molecular weight is 237 g/mol. The third-order valence-corrected chi connectivity index (χ3v) is 3.62. The number of likely N-dealkylation sites (tertiary alicyclic amines) is 1. The third-order valence-electron chi connectivity index (χ3n) is 3.62. The van der Waals surface area contributed by atoms with E-state index in [9.17, 15) is 4.79 Å². The van der Waals surface area contributed by atoms with Gasteiger partial charge in [-0.15, -0.1) is 6.58 Å². The molecule has 4 heteroatoms. The Labute approximate surface area is 103 Å². The summed E-state index contributed by atoms with van der Waals surface area (Å²) in [7, 11) is 0. The van der Waals surface area contributed by atoms with Crippen LogP contribution in [0.15, 0.2) is 12.7 Å². The number of rotatable bonds is 5. The van der Waals surface area contributed by atoms with Gasteiger partial charge in [-0.1, -0.05) is 6.08 Å². The van der Waals surface area contributed by atoms with E-state index in [1.54, 1.807) is 0 Å². The summed E-state index contributed by atoms with van der Waals surface area (Å²) >= 11 is 0. The molecule has 4 nitrogen and oxygen atoms in total. The lowest BCUT2D eigenvalue weighted by Gasteiger charge is -2.31. The topological polar surface area (TPSA) is 49.6 Å². The van der Waals surface area contributed by atoms with Crippen LogP contribution in [0, 0.1) is 0 Å². The molecule has 0 spiro atoms. The van der Waals surface area contributed by atoms with E-state index >= 15 is 0 Å². The summed E-state index contributed by atoms with van der Waals surface area (Å²) in [6.45, 7) is 6.89. The highest BCUT2D eigenvalue weighted by Gasteiger charge is 2.32. The van der Waals surface area contributed by atoms with E-state index in [-0.39, 0.29) is 5.91 Å². The fourth-order valence-electron chi connectivity index (χ4n) is 2.37. The summed E-state index contributed by atoms with van der Waals surface area (Å²) in [6.07, 6.45) is 6.16. The van der Waals surface area contributed by atoms with Gasteiger partial charge in [0.15, 0.2) is 0 Å². The van der Waals surface area contributed by atoms with Crippen molar-refractivity contribution in [2.24, 2.45) is 5.73 Å². The van der Waals surface area contributed by atoms with Gasteiger partial charge in [0.1, 0.15) is 0 Å². The van der Waals surface area contributed by atoms with Gasteiger partial charge in [-0.25, -0.2) is 0 Å². The van der Waals surface area contributed by atoms with Crippen molar-refractivity contribution in [3.8, 4) is 0 Å². The van der Waals surface area contributed by atoms with Crippen LogP contribution in [0.5, 0.6) is 0 Å². The molecule has 0 radical (unpaired) electrons. The minimum absolute atomic E-state index is 0.253. The van der Waals surface area contributed by atoms with Crippen LogP contribution in [0.3, 0.4) is 0 Å². The number of carbonyl (C=O) groups is 1. The second-order valence-corrected chi connectivity index (χ2v) is 5.18. The molecule has 2 N–H and O–H groups in total. The molecule has 1 aliphatic carbocycles. The first-order chi connectivity index (χ1) is 8.20. The molecule has 1 aliphatic heterocycles. The zero-order valence-electron chi connectivity index (χ0n) is 10.5. The zero-order chi connectivity index (χ0) is 12.3. The summed E-state index contributed by atoms with van der Waals surface area (Å²) in [5, 5.41) is 0. The summed E-state index contributed by atoms with van der Waals surface area (Å²) in [4.78, 5) is 16.4. The van der Waals surface area contributed by atoms with Gasteiger partial charge < -0.3 is 10.6 Å². The van der Waals surface area contributed by atoms with Crippen molar-refractivity contribution >= 4 is 5.91 Å². The van der Waals surface area contributed by atoms with Gasteiger partial charge in [0, 0.05) is 31.7 Å². The smallest absolute Gasteiger partial charge is 0.237 e. The molecule has 1 saturated carbocycles. The van der Waals surface area contributed by atoms with Crippen LogP contribution in [-0.4, -0.2) is 54.0 Å². The molecule has 0 aromatic heterocycles. The maximum Gasteiger partial charge on any atom is 0.237 e. The van der Waals surface area contributed by atoms with Crippen LogP contribution in [0.25, 0.3) is 0 Å². The molecule has 2 aliphatic rings. The molecule has 0 bridgehead atoms. The second kappa shape index (κ2) is 5.65. The number of nitrogens with two attached hydrogens (primary N) is 1. The number of carbonyl (C=O) groups excluding carboxylic acids is 1. The number of nitrogens with zero attached hydrogens (tertiary/aromatic N) is 2. The average Bonchev–Trinajstić information content (AvgIpc) is 3.13. The molecule has 2 rings (SSSR count). The number of piperidine rings is 1. The first-order valence-corrected chi connectivity index (χ1v) is 6.59. The molecule has 1 heterocycles. The Morgan fingerprint density at radius 1 is 1.35 bits per heavy atom. The number of hydrogen-bond donors (Lipinski definition) is 1. The van der Waals surface area contributed by atoms with E-state index in [2.05, 4.69) is 11.5 Å². The van der Waals surface area contributed by atoms with Crippen LogP contribution >= 0.6 is 0 Å². The van der Waals surface area contributed by atoms with Gasteiger partial charge in [0.25, 0.3) is 0 Å². The lowest BCUT2D eigenvalue weighted by molar-refractivity contribution is -0.132. The molecule has 0 atom stereocenters. The first kappa shape index (κ1) is 12.6. The quantitative estimate of drug-likeness (QED) is 0.712. The van der Waals surface area contributed by atoms with Crippen LogP contribution in [0.1, 0.15) is 25.7 Å². The van der Waals surface area contributed by atoms with E-state index in [0.29, 0.717) is 25.2 Å². The lowest BCUT2D eigenvalue weighted by Crippen LogP contribution is -2.46. The van der Waals surface area contributed by atoms with E-state index in [0.717, 1.165) is 38.8 Å². The largest absolute Gasteiger partial charge is 0.335 e. The molecule has 0 aromatic rings. The zero-order valence-corrected chi connectivity index (χ0v) is 10.5. The summed E-state index contributed by atoms with van der Waals surface area (Å²) in [5.74, 6) is 0.253. The Hall–Kier alpha value is -0.870. The van der Waals surface area contributed by atoms with Crippen LogP contribution in [-0.2, 0) is 4.79 Å². The van der Waals surface area contributed by atoms with Gasteiger partial charge in [0.05, 0.1) is 6.54 Å². The summed E-state index contributed by atoms with van der Waals surface area (Å²) in [5.41, 5.74) is 5.86. The van der Waals surface area contributed by atoms with Gasteiger partial charge >= 0.3 is 0 Å².